The highest BCUT2D eigenvalue weighted by Gasteiger charge is 2.37. The summed E-state index contributed by atoms with van der Waals surface area (Å²) >= 11 is 0. The van der Waals surface area contributed by atoms with E-state index in [-0.39, 0.29) is 25.0 Å². The number of ether oxygens (including phenoxy) is 1. The molecule has 0 radical (unpaired) electrons. The zero-order chi connectivity index (χ0) is 13.7. The Morgan fingerprint density at radius 3 is 2.37 bits per heavy atom. The van der Waals surface area contributed by atoms with Crippen LogP contribution in [0.15, 0.2) is 0 Å². The van der Waals surface area contributed by atoms with Gasteiger partial charge in [-0.25, -0.2) is 0 Å². The maximum Gasteiger partial charge on any atom is 0.305 e. The first-order valence-corrected chi connectivity index (χ1v) is 7.24. The van der Waals surface area contributed by atoms with E-state index in [4.69, 9.17) is 9.84 Å². The van der Waals surface area contributed by atoms with Crippen LogP contribution in [-0.2, 0) is 14.3 Å². The molecule has 0 aromatic carbocycles. The number of hydrogen-bond acceptors (Lipinski definition) is 3. The van der Waals surface area contributed by atoms with Crippen LogP contribution >= 0.6 is 0 Å². The third-order valence-electron chi connectivity index (χ3n) is 4.21. The molecular formula is C14H23NO4. The molecule has 2 aliphatic rings. The Labute approximate surface area is 113 Å². The molecule has 2 N–H and O–H groups in total. The lowest BCUT2D eigenvalue weighted by Crippen LogP contribution is -2.49. The number of rotatable bonds is 6. The maximum atomic E-state index is 11.9. The summed E-state index contributed by atoms with van der Waals surface area (Å²) in [6.45, 7) is 0.0615. The fourth-order valence-corrected chi connectivity index (χ4v) is 3.27. The van der Waals surface area contributed by atoms with Gasteiger partial charge in [0.25, 0.3) is 0 Å². The molecule has 0 atom stereocenters. The first kappa shape index (κ1) is 14.3. The molecule has 2 aliphatic carbocycles. The standard InChI is InChI=1S/C14H23NO4/c16-12(10-19-11-5-1-2-6-11)15-14(9-13(17)18)7-3-4-8-14/h11H,1-10H2,(H,15,16)(H,17,18). The normalized spacial score (nSPS) is 22.5. The predicted octanol–water partition coefficient (Wildman–Crippen LogP) is 1.85. The van der Waals surface area contributed by atoms with Crippen molar-refractivity contribution in [1.29, 1.82) is 0 Å². The number of carbonyl (C=O) groups excluding carboxylic acids is 1. The van der Waals surface area contributed by atoms with Gasteiger partial charge in [0.15, 0.2) is 0 Å². The molecule has 0 saturated heterocycles. The second kappa shape index (κ2) is 6.37. The minimum atomic E-state index is -0.848. The van der Waals surface area contributed by atoms with Crippen LogP contribution in [0.1, 0.15) is 57.8 Å². The van der Waals surface area contributed by atoms with Crippen LogP contribution in [0.2, 0.25) is 0 Å². The summed E-state index contributed by atoms with van der Waals surface area (Å²) in [6, 6.07) is 0. The highest BCUT2D eigenvalue weighted by Crippen LogP contribution is 2.32. The van der Waals surface area contributed by atoms with Crippen LogP contribution < -0.4 is 5.32 Å². The van der Waals surface area contributed by atoms with Crippen molar-refractivity contribution in [3.63, 3.8) is 0 Å². The van der Waals surface area contributed by atoms with Crippen molar-refractivity contribution in [3.8, 4) is 0 Å². The molecular weight excluding hydrogens is 246 g/mol. The average Bonchev–Trinajstić information content (AvgIpc) is 2.97. The van der Waals surface area contributed by atoms with Gasteiger partial charge in [-0.1, -0.05) is 25.7 Å². The van der Waals surface area contributed by atoms with Gasteiger partial charge in [0.05, 0.1) is 18.1 Å². The van der Waals surface area contributed by atoms with Crippen molar-refractivity contribution in [2.75, 3.05) is 6.61 Å². The Bertz CT molecular complexity index is 330. The minimum Gasteiger partial charge on any atom is -0.481 e. The van der Waals surface area contributed by atoms with Crippen LogP contribution in [0.4, 0.5) is 0 Å². The lowest BCUT2D eigenvalue weighted by atomic mass is 9.93. The molecule has 1 amide bonds. The molecule has 0 bridgehead atoms. The van der Waals surface area contributed by atoms with Crippen molar-refractivity contribution in [2.45, 2.75) is 69.4 Å². The summed E-state index contributed by atoms with van der Waals surface area (Å²) in [7, 11) is 0. The Kier molecular flexibility index (Phi) is 4.80. The summed E-state index contributed by atoms with van der Waals surface area (Å²) in [5, 5.41) is 11.9. The molecule has 2 fully saturated rings. The van der Waals surface area contributed by atoms with Gasteiger partial charge in [-0.15, -0.1) is 0 Å². The lowest BCUT2D eigenvalue weighted by molar-refractivity contribution is -0.139. The molecule has 0 aromatic rings. The van der Waals surface area contributed by atoms with Crippen molar-refractivity contribution in [3.05, 3.63) is 0 Å². The smallest absolute Gasteiger partial charge is 0.305 e. The molecule has 108 valence electrons. The second-order valence-corrected chi connectivity index (χ2v) is 5.82. The van der Waals surface area contributed by atoms with Gasteiger partial charge < -0.3 is 15.2 Å². The van der Waals surface area contributed by atoms with E-state index in [1.54, 1.807) is 0 Å². The van der Waals surface area contributed by atoms with E-state index >= 15 is 0 Å². The number of nitrogens with one attached hydrogen (secondary N) is 1. The molecule has 2 saturated carbocycles. The Morgan fingerprint density at radius 1 is 1.16 bits per heavy atom. The third-order valence-corrected chi connectivity index (χ3v) is 4.21. The van der Waals surface area contributed by atoms with E-state index in [0.29, 0.717) is 0 Å². The zero-order valence-electron chi connectivity index (χ0n) is 11.3. The number of hydrogen-bond donors (Lipinski definition) is 2. The van der Waals surface area contributed by atoms with Crippen molar-refractivity contribution in [1.82, 2.24) is 5.32 Å². The van der Waals surface area contributed by atoms with Crippen LogP contribution in [0.3, 0.4) is 0 Å². The molecule has 0 aliphatic heterocycles. The first-order valence-electron chi connectivity index (χ1n) is 7.24. The van der Waals surface area contributed by atoms with E-state index < -0.39 is 11.5 Å². The molecule has 5 heteroatoms. The van der Waals surface area contributed by atoms with Crippen molar-refractivity contribution < 1.29 is 19.4 Å². The van der Waals surface area contributed by atoms with Gasteiger partial charge in [-0.05, 0) is 25.7 Å². The summed E-state index contributed by atoms with van der Waals surface area (Å²) in [4.78, 5) is 22.8. The number of carboxylic acid groups (broad SMARTS) is 1. The van der Waals surface area contributed by atoms with E-state index in [2.05, 4.69) is 5.32 Å². The Balaban J connectivity index is 1.79. The van der Waals surface area contributed by atoms with Gasteiger partial charge in [-0.3, -0.25) is 9.59 Å². The van der Waals surface area contributed by atoms with Gasteiger partial charge in [-0.2, -0.15) is 0 Å². The highest BCUT2D eigenvalue weighted by atomic mass is 16.5. The summed E-state index contributed by atoms with van der Waals surface area (Å²) in [5.74, 6) is -1.02. The molecule has 0 aromatic heterocycles. The number of aliphatic carboxylic acids is 1. The first-order chi connectivity index (χ1) is 9.10. The van der Waals surface area contributed by atoms with Crippen LogP contribution in [0.5, 0.6) is 0 Å². The molecule has 19 heavy (non-hydrogen) atoms. The van der Waals surface area contributed by atoms with Crippen molar-refractivity contribution >= 4 is 11.9 Å². The number of carboxylic acids is 1. The minimum absolute atomic E-state index is 0.0160. The summed E-state index contributed by atoms with van der Waals surface area (Å²) in [5.41, 5.74) is -0.540. The summed E-state index contributed by atoms with van der Waals surface area (Å²) in [6.07, 6.45) is 8.13. The lowest BCUT2D eigenvalue weighted by Gasteiger charge is -2.28. The third kappa shape index (κ3) is 4.20. The zero-order valence-corrected chi connectivity index (χ0v) is 11.3. The Morgan fingerprint density at radius 2 is 1.79 bits per heavy atom. The summed E-state index contributed by atoms with van der Waals surface area (Å²) < 4.78 is 5.57. The van der Waals surface area contributed by atoms with Gasteiger partial charge in [0.2, 0.25) is 5.91 Å². The van der Waals surface area contributed by atoms with E-state index in [0.717, 1.165) is 38.5 Å². The Hall–Kier alpha value is -1.10. The molecule has 0 heterocycles. The van der Waals surface area contributed by atoms with Crippen LogP contribution in [0.25, 0.3) is 0 Å². The molecule has 5 nitrogen and oxygen atoms in total. The van der Waals surface area contributed by atoms with Crippen LogP contribution in [-0.4, -0.2) is 35.2 Å². The van der Waals surface area contributed by atoms with Gasteiger partial charge in [0, 0.05) is 0 Å². The van der Waals surface area contributed by atoms with E-state index in [9.17, 15) is 9.59 Å². The second-order valence-electron chi connectivity index (χ2n) is 5.82. The van der Waals surface area contributed by atoms with E-state index in [1.807, 2.05) is 0 Å². The van der Waals surface area contributed by atoms with E-state index in [1.165, 1.54) is 12.8 Å². The number of carbonyl (C=O) groups is 2. The largest absolute Gasteiger partial charge is 0.481 e. The predicted molar refractivity (Wildman–Crippen MR) is 69.8 cm³/mol. The molecule has 0 spiro atoms. The highest BCUT2D eigenvalue weighted by molar-refractivity contribution is 5.79. The average molecular weight is 269 g/mol. The van der Waals surface area contributed by atoms with Crippen molar-refractivity contribution in [2.24, 2.45) is 0 Å². The topological polar surface area (TPSA) is 75.6 Å². The number of amides is 1. The SMILES string of the molecule is O=C(O)CC1(NC(=O)COC2CCCC2)CCCC1. The quantitative estimate of drug-likeness (QED) is 0.771. The fourth-order valence-electron chi connectivity index (χ4n) is 3.27. The molecule has 2 rings (SSSR count). The molecule has 0 unspecified atom stereocenters. The van der Waals surface area contributed by atoms with Crippen LogP contribution in [0, 0.1) is 0 Å². The van der Waals surface area contributed by atoms with Gasteiger partial charge >= 0.3 is 5.97 Å². The van der Waals surface area contributed by atoms with Gasteiger partial charge in [0.1, 0.15) is 6.61 Å². The fraction of sp³-hybridized carbons (Fsp3) is 0.857. The monoisotopic (exact) mass is 269 g/mol. The maximum absolute atomic E-state index is 11.9.